The summed E-state index contributed by atoms with van der Waals surface area (Å²) in [6.07, 6.45) is 5.31. The normalized spacial score (nSPS) is 10.4. The van der Waals surface area contributed by atoms with E-state index in [9.17, 15) is 10.1 Å². The van der Waals surface area contributed by atoms with Crippen LogP contribution in [0.1, 0.15) is 5.56 Å². The Morgan fingerprint density at radius 1 is 1.27 bits per heavy atom. The second kappa shape index (κ2) is 5.87. The van der Waals surface area contributed by atoms with E-state index in [0.717, 1.165) is 16.7 Å². The van der Waals surface area contributed by atoms with Gasteiger partial charge in [-0.25, -0.2) is 4.98 Å². The van der Waals surface area contributed by atoms with Gasteiger partial charge < -0.3 is 4.98 Å². The highest BCUT2D eigenvalue weighted by atomic mass is 32.2. The zero-order valence-corrected chi connectivity index (χ0v) is 12.4. The zero-order valence-electron chi connectivity index (χ0n) is 11.6. The van der Waals surface area contributed by atoms with E-state index in [0.29, 0.717) is 10.9 Å². The van der Waals surface area contributed by atoms with Crippen LogP contribution in [0.2, 0.25) is 0 Å². The Morgan fingerprint density at radius 2 is 2.09 bits per heavy atom. The van der Waals surface area contributed by atoms with Crippen molar-refractivity contribution >= 4 is 11.8 Å². The average molecular weight is 309 g/mol. The number of hydrogen-bond acceptors (Lipinski definition) is 5. The van der Waals surface area contributed by atoms with E-state index < -0.39 is 5.56 Å². The molecule has 2 N–H and O–H groups in total. The summed E-state index contributed by atoms with van der Waals surface area (Å²) < 4.78 is 0. The van der Waals surface area contributed by atoms with Gasteiger partial charge in [0.1, 0.15) is 11.6 Å². The molecule has 0 saturated heterocycles. The summed E-state index contributed by atoms with van der Waals surface area (Å²) in [5.74, 6) is 0. The first-order chi connectivity index (χ1) is 10.7. The van der Waals surface area contributed by atoms with Crippen LogP contribution in [-0.2, 0) is 0 Å². The molecule has 0 aliphatic carbocycles. The van der Waals surface area contributed by atoms with Crippen molar-refractivity contribution in [3.8, 4) is 28.5 Å². The van der Waals surface area contributed by atoms with Crippen LogP contribution in [0.4, 0.5) is 0 Å². The maximum atomic E-state index is 12.0. The molecule has 0 unspecified atom stereocenters. The second-order valence-electron chi connectivity index (χ2n) is 4.48. The van der Waals surface area contributed by atoms with E-state index in [4.69, 9.17) is 0 Å². The predicted octanol–water partition coefficient (Wildman–Crippen LogP) is 2.42. The van der Waals surface area contributed by atoms with Gasteiger partial charge in [-0.1, -0.05) is 30.0 Å². The van der Waals surface area contributed by atoms with Crippen LogP contribution in [-0.4, -0.2) is 26.4 Å². The molecular weight excluding hydrogens is 298 g/mol. The van der Waals surface area contributed by atoms with E-state index in [1.165, 1.54) is 11.8 Å². The Bertz CT molecular complexity index is 908. The third-order valence-electron chi connectivity index (χ3n) is 3.17. The van der Waals surface area contributed by atoms with Gasteiger partial charge in [-0.2, -0.15) is 10.4 Å². The van der Waals surface area contributed by atoms with Crippen molar-refractivity contribution in [3.05, 3.63) is 52.6 Å². The number of rotatable bonds is 3. The van der Waals surface area contributed by atoms with Crippen molar-refractivity contribution in [2.45, 2.75) is 5.16 Å². The SMILES string of the molecule is CSc1nc(-c2cccc(-c3cn[nH]c3)c2)c(C#N)c(=O)[nH]1. The number of aromatic amines is 2. The van der Waals surface area contributed by atoms with Crippen molar-refractivity contribution < 1.29 is 0 Å². The third-order valence-corrected chi connectivity index (χ3v) is 3.75. The summed E-state index contributed by atoms with van der Waals surface area (Å²) in [5.41, 5.74) is 2.56. The maximum Gasteiger partial charge on any atom is 0.270 e. The lowest BCUT2D eigenvalue weighted by Crippen LogP contribution is -2.14. The molecule has 0 atom stereocenters. The van der Waals surface area contributed by atoms with Gasteiger partial charge in [0.05, 0.1) is 11.9 Å². The van der Waals surface area contributed by atoms with Crippen LogP contribution in [0.25, 0.3) is 22.4 Å². The summed E-state index contributed by atoms with van der Waals surface area (Å²) in [4.78, 5) is 19.0. The van der Waals surface area contributed by atoms with E-state index in [1.54, 1.807) is 12.4 Å². The van der Waals surface area contributed by atoms with Crippen molar-refractivity contribution in [2.24, 2.45) is 0 Å². The van der Waals surface area contributed by atoms with Gasteiger partial charge in [-0.3, -0.25) is 9.89 Å². The lowest BCUT2D eigenvalue weighted by atomic mass is 10.0. The summed E-state index contributed by atoms with van der Waals surface area (Å²) >= 11 is 1.32. The molecule has 3 rings (SSSR count). The molecule has 0 aliphatic heterocycles. The lowest BCUT2D eigenvalue weighted by molar-refractivity contribution is 0.938. The molecule has 6 nitrogen and oxygen atoms in total. The number of nitrogens with zero attached hydrogens (tertiary/aromatic N) is 3. The summed E-state index contributed by atoms with van der Waals surface area (Å²) in [7, 11) is 0. The van der Waals surface area contributed by atoms with Gasteiger partial charge in [-0.15, -0.1) is 0 Å². The number of thioether (sulfide) groups is 1. The Morgan fingerprint density at radius 3 is 2.77 bits per heavy atom. The highest BCUT2D eigenvalue weighted by molar-refractivity contribution is 7.98. The first-order valence-corrected chi connectivity index (χ1v) is 7.63. The minimum Gasteiger partial charge on any atom is -0.300 e. The van der Waals surface area contributed by atoms with Crippen molar-refractivity contribution in [2.75, 3.05) is 6.26 Å². The van der Waals surface area contributed by atoms with Gasteiger partial charge in [0.2, 0.25) is 0 Å². The first-order valence-electron chi connectivity index (χ1n) is 6.41. The number of H-pyrrole nitrogens is 2. The number of nitrogens with one attached hydrogen (secondary N) is 2. The molecule has 0 fully saturated rings. The van der Waals surface area contributed by atoms with Crippen LogP contribution in [0.5, 0.6) is 0 Å². The van der Waals surface area contributed by atoms with E-state index in [-0.39, 0.29) is 5.56 Å². The van der Waals surface area contributed by atoms with Gasteiger partial charge in [0.25, 0.3) is 5.56 Å². The smallest absolute Gasteiger partial charge is 0.270 e. The minimum absolute atomic E-state index is 0.0159. The molecule has 2 aromatic heterocycles. The Hall–Kier alpha value is -2.85. The van der Waals surface area contributed by atoms with Crippen molar-refractivity contribution in [3.63, 3.8) is 0 Å². The van der Waals surface area contributed by atoms with Gasteiger partial charge in [0.15, 0.2) is 5.16 Å². The predicted molar refractivity (Wildman–Crippen MR) is 84.4 cm³/mol. The van der Waals surface area contributed by atoms with Crippen LogP contribution in [0, 0.1) is 11.3 Å². The molecule has 0 spiro atoms. The molecule has 2 heterocycles. The fraction of sp³-hybridized carbons (Fsp3) is 0.0667. The maximum absolute atomic E-state index is 12.0. The van der Waals surface area contributed by atoms with Crippen LogP contribution in [0.15, 0.2) is 46.6 Å². The fourth-order valence-corrected chi connectivity index (χ4v) is 2.49. The number of hydrogen-bond donors (Lipinski definition) is 2. The molecule has 0 aliphatic rings. The summed E-state index contributed by atoms with van der Waals surface area (Å²) in [5, 5.41) is 16.4. The molecule has 0 saturated carbocycles. The average Bonchev–Trinajstić information content (AvgIpc) is 3.08. The number of benzene rings is 1. The number of aromatic nitrogens is 4. The van der Waals surface area contributed by atoms with Crippen LogP contribution >= 0.6 is 11.8 Å². The first kappa shape index (κ1) is 14.1. The van der Waals surface area contributed by atoms with Gasteiger partial charge in [-0.05, 0) is 17.9 Å². The summed E-state index contributed by atoms with van der Waals surface area (Å²) in [6.45, 7) is 0. The van der Waals surface area contributed by atoms with Gasteiger partial charge in [0, 0.05) is 17.3 Å². The van der Waals surface area contributed by atoms with Crippen LogP contribution in [0.3, 0.4) is 0 Å². The fourth-order valence-electron chi connectivity index (χ4n) is 2.12. The number of nitriles is 1. The molecule has 1 aromatic carbocycles. The molecule has 0 bridgehead atoms. The topological polar surface area (TPSA) is 98.2 Å². The monoisotopic (exact) mass is 309 g/mol. The minimum atomic E-state index is -0.425. The highest BCUT2D eigenvalue weighted by Crippen LogP contribution is 2.26. The Balaban J connectivity index is 2.20. The largest absolute Gasteiger partial charge is 0.300 e. The third kappa shape index (κ3) is 2.52. The molecule has 22 heavy (non-hydrogen) atoms. The quantitative estimate of drug-likeness (QED) is 0.572. The Labute approximate surface area is 130 Å². The molecule has 0 radical (unpaired) electrons. The highest BCUT2D eigenvalue weighted by Gasteiger charge is 2.13. The van der Waals surface area contributed by atoms with Crippen molar-refractivity contribution in [1.82, 2.24) is 20.2 Å². The van der Waals surface area contributed by atoms with Gasteiger partial charge >= 0.3 is 0 Å². The standard InChI is InChI=1S/C15H11N5OS/c1-22-15-19-13(12(6-16)14(21)20-15)10-4-2-3-9(5-10)11-7-17-18-8-11/h2-5,7-8H,1H3,(H,17,18)(H,19,20,21). The Kier molecular flexibility index (Phi) is 3.76. The zero-order chi connectivity index (χ0) is 15.5. The second-order valence-corrected chi connectivity index (χ2v) is 5.27. The van der Waals surface area contributed by atoms with E-state index in [1.807, 2.05) is 36.6 Å². The molecular formula is C15H11N5OS. The van der Waals surface area contributed by atoms with Crippen LogP contribution < -0.4 is 5.56 Å². The lowest BCUT2D eigenvalue weighted by Gasteiger charge is -2.06. The summed E-state index contributed by atoms with van der Waals surface area (Å²) in [6, 6.07) is 9.45. The van der Waals surface area contributed by atoms with E-state index >= 15 is 0 Å². The molecule has 3 aromatic rings. The van der Waals surface area contributed by atoms with E-state index in [2.05, 4.69) is 20.2 Å². The van der Waals surface area contributed by atoms with Crippen molar-refractivity contribution in [1.29, 1.82) is 5.26 Å². The molecule has 108 valence electrons. The molecule has 7 heteroatoms. The molecule has 0 amide bonds.